The van der Waals surface area contributed by atoms with Gasteiger partial charge in [0.25, 0.3) is 0 Å². The highest BCUT2D eigenvalue weighted by Gasteiger charge is 2.34. The fourth-order valence-corrected chi connectivity index (χ4v) is 2.98. The van der Waals surface area contributed by atoms with E-state index >= 15 is 0 Å². The Morgan fingerprint density at radius 1 is 1.42 bits per heavy atom. The lowest BCUT2D eigenvalue weighted by Gasteiger charge is -2.40. The average Bonchev–Trinajstić information content (AvgIpc) is 2.82. The van der Waals surface area contributed by atoms with E-state index in [1.54, 1.807) is 11.9 Å². The first-order chi connectivity index (χ1) is 12.1. The first kappa shape index (κ1) is 20.1. The molecule has 0 aromatic carbocycles. The van der Waals surface area contributed by atoms with Crippen molar-refractivity contribution in [1.82, 2.24) is 20.7 Å². The van der Waals surface area contributed by atoms with E-state index in [0.717, 1.165) is 23.0 Å². The zero-order valence-electron chi connectivity index (χ0n) is 16.8. The maximum Gasteiger partial charge on any atom is 0.410 e. The summed E-state index contributed by atoms with van der Waals surface area (Å²) in [5, 5.41) is 10.7. The lowest BCUT2D eigenvalue weighted by atomic mass is 10.00. The van der Waals surface area contributed by atoms with Gasteiger partial charge < -0.3 is 24.8 Å². The smallest absolute Gasteiger partial charge is 0.410 e. The molecule has 1 aliphatic heterocycles. The Labute approximate surface area is 155 Å². The standard InChI is InChI=1S/C18H31N5O3/c1-11(15-12(2)22-26-13(15)3)8-20-16(19-7)21-14-9-23(10-14)17(24)25-18(4,5)6/h11,14H,8-10H2,1-7H3,(H2,19,20,21). The van der Waals surface area contributed by atoms with Crippen molar-refractivity contribution < 1.29 is 14.1 Å². The van der Waals surface area contributed by atoms with Gasteiger partial charge in [0.1, 0.15) is 11.4 Å². The number of rotatable bonds is 4. The number of nitrogens with zero attached hydrogens (tertiary/aromatic N) is 3. The Morgan fingerprint density at radius 3 is 2.58 bits per heavy atom. The minimum atomic E-state index is -0.471. The second kappa shape index (κ2) is 7.97. The fraction of sp³-hybridized carbons (Fsp3) is 0.722. The van der Waals surface area contributed by atoms with Gasteiger partial charge in [-0.15, -0.1) is 0 Å². The maximum absolute atomic E-state index is 12.0. The highest BCUT2D eigenvalue weighted by molar-refractivity contribution is 5.80. The number of carbonyl (C=O) groups is 1. The Bertz CT molecular complexity index is 637. The average molecular weight is 365 g/mol. The number of aryl methyl sites for hydroxylation is 2. The first-order valence-electron chi connectivity index (χ1n) is 8.98. The van der Waals surface area contributed by atoms with E-state index in [0.29, 0.717) is 19.6 Å². The van der Waals surface area contributed by atoms with Gasteiger partial charge in [0.05, 0.1) is 11.7 Å². The van der Waals surface area contributed by atoms with Gasteiger partial charge in [0.15, 0.2) is 5.96 Å². The maximum atomic E-state index is 12.0. The first-order valence-corrected chi connectivity index (χ1v) is 8.98. The number of ether oxygens (including phenoxy) is 1. The molecule has 1 aromatic heterocycles. The van der Waals surface area contributed by atoms with Gasteiger partial charge in [-0.05, 0) is 34.6 Å². The molecule has 1 atom stereocenters. The van der Waals surface area contributed by atoms with Crippen LogP contribution in [0.3, 0.4) is 0 Å². The molecule has 8 nitrogen and oxygen atoms in total. The Hall–Kier alpha value is -2.25. The molecule has 0 spiro atoms. The van der Waals surface area contributed by atoms with Gasteiger partial charge in [-0.3, -0.25) is 4.99 Å². The number of amides is 1. The third kappa shape index (κ3) is 5.12. The largest absolute Gasteiger partial charge is 0.444 e. The van der Waals surface area contributed by atoms with E-state index in [-0.39, 0.29) is 18.1 Å². The predicted molar refractivity (Wildman–Crippen MR) is 100 cm³/mol. The van der Waals surface area contributed by atoms with E-state index in [9.17, 15) is 4.79 Å². The molecular weight excluding hydrogens is 334 g/mol. The number of aliphatic imine (C=N–C) groups is 1. The number of guanidine groups is 1. The van der Waals surface area contributed by atoms with Gasteiger partial charge in [-0.1, -0.05) is 12.1 Å². The van der Waals surface area contributed by atoms with Crippen molar-refractivity contribution in [2.24, 2.45) is 4.99 Å². The van der Waals surface area contributed by atoms with Crippen LogP contribution in [0.25, 0.3) is 0 Å². The Balaban J connectivity index is 1.77. The molecular formula is C18H31N5O3. The van der Waals surface area contributed by atoms with Crippen molar-refractivity contribution in [2.45, 2.75) is 59.1 Å². The van der Waals surface area contributed by atoms with Crippen molar-refractivity contribution in [3.63, 3.8) is 0 Å². The van der Waals surface area contributed by atoms with Crippen LogP contribution < -0.4 is 10.6 Å². The summed E-state index contributed by atoms with van der Waals surface area (Å²) >= 11 is 0. The summed E-state index contributed by atoms with van der Waals surface area (Å²) in [6, 6.07) is 0.170. The monoisotopic (exact) mass is 365 g/mol. The third-order valence-electron chi connectivity index (χ3n) is 4.25. The minimum Gasteiger partial charge on any atom is -0.444 e. The van der Waals surface area contributed by atoms with Crippen LogP contribution in [0.5, 0.6) is 0 Å². The lowest BCUT2D eigenvalue weighted by Crippen LogP contribution is -2.63. The van der Waals surface area contributed by atoms with Crippen molar-refractivity contribution in [3.05, 3.63) is 17.0 Å². The van der Waals surface area contributed by atoms with Crippen LogP contribution in [0.2, 0.25) is 0 Å². The van der Waals surface area contributed by atoms with Crippen molar-refractivity contribution >= 4 is 12.1 Å². The molecule has 0 radical (unpaired) electrons. The molecule has 1 amide bonds. The van der Waals surface area contributed by atoms with E-state index in [2.05, 4.69) is 27.7 Å². The fourth-order valence-electron chi connectivity index (χ4n) is 2.98. The summed E-state index contributed by atoms with van der Waals surface area (Å²) < 4.78 is 10.6. The van der Waals surface area contributed by atoms with Crippen molar-refractivity contribution in [2.75, 3.05) is 26.7 Å². The number of hydrogen-bond donors (Lipinski definition) is 2. The van der Waals surface area contributed by atoms with Gasteiger partial charge >= 0.3 is 6.09 Å². The Kier molecular flexibility index (Phi) is 6.15. The molecule has 1 aliphatic rings. The zero-order chi connectivity index (χ0) is 19.5. The molecule has 8 heteroatoms. The summed E-state index contributed by atoms with van der Waals surface area (Å²) in [4.78, 5) is 17.9. The molecule has 2 N–H and O–H groups in total. The Morgan fingerprint density at radius 2 is 2.08 bits per heavy atom. The van der Waals surface area contributed by atoms with Gasteiger partial charge in [0.2, 0.25) is 0 Å². The molecule has 26 heavy (non-hydrogen) atoms. The van der Waals surface area contributed by atoms with Crippen LogP contribution in [-0.4, -0.2) is 60.4 Å². The van der Waals surface area contributed by atoms with E-state index in [4.69, 9.17) is 9.26 Å². The molecule has 1 fully saturated rings. The number of hydrogen-bond acceptors (Lipinski definition) is 5. The van der Waals surface area contributed by atoms with Crippen LogP contribution in [0.4, 0.5) is 4.79 Å². The molecule has 2 rings (SSSR count). The normalized spacial score (nSPS) is 16.9. The molecule has 0 bridgehead atoms. The van der Waals surface area contributed by atoms with Gasteiger partial charge in [0, 0.05) is 38.2 Å². The van der Waals surface area contributed by atoms with Crippen LogP contribution in [-0.2, 0) is 4.74 Å². The topological polar surface area (TPSA) is 92.0 Å². The number of nitrogens with one attached hydrogen (secondary N) is 2. The second-order valence-electron chi connectivity index (χ2n) is 7.82. The van der Waals surface area contributed by atoms with Crippen molar-refractivity contribution in [1.29, 1.82) is 0 Å². The molecule has 0 aliphatic carbocycles. The third-order valence-corrected chi connectivity index (χ3v) is 4.25. The number of likely N-dealkylation sites (tertiary alicyclic amines) is 1. The summed E-state index contributed by atoms with van der Waals surface area (Å²) in [5.74, 6) is 1.82. The van der Waals surface area contributed by atoms with E-state index < -0.39 is 5.60 Å². The predicted octanol–water partition coefficient (Wildman–Crippen LogP) is 2.18. The molecule has 1 saturated heterocycles. The van der Waals surface area contributed by atoms with Gasteiger partial charge in [-0.25, -0.2) is 4.79 Å². The highest BCUT2D eigenvalue weighted by atomic mass is 16.6. The molecule has 146 valence electrons. The summed E-state index contributed by atoms with van der Waals surface area (Å²) in [6.07, 6.45) is -0.273. The zero-order valence-corrected chi connectivity index (χ0v) is 16.8. The number of carbonyl (C=O) groups excluding carboxylic acids is 1. The van der Waals surface area contributed by atoms with Crippen LogP contribution >= 0.6 is 0 Å². The number of aromatic nitrogens is 1. The highest BCUT2D eigenvalue weighted by Crippen LogP contribution is 2.22. The minimum absolute atomic E-state index is 0.170. The second-order valence-corrected chi connectivity index (χ2v) is 7.82. The van der Waals surface area contributed by atoms with Gasteiger partial charge in [-0.2, -0.15) is 0 Å². The van der Waals surface area contributed by atoms with E-state index in [1.165, 1.54) is 0 Å². The van der Waals surface area contributed by atoms with Crippen molar-refractivity contribution in [3.8, 4) is 0 Å². The SMILES string of the molecule is CN=C(NCC(C)c1c(C)noc1C)NC1CN(C(=O)OC(C)(C)C)C1. The molecule has 1 unspecified atom stereocenters. The molecule has 1 aromatic rings. The summed E-state index contributed by atoms with van der Waals surface area (Å²) in [6.45, 7) is 13.5. The quantitative estimate of drug-likeness (QED) is 0.628. The van der Waals surface area contributed by atoms with Crippen LogP contribution in [0.1, 0.15) is 50.6 Å². The molecule has 0 saturated carbocycles. The van der Waals surface area contributed by atoms with Crippen LogP contribution in [0.15, 0.2) is 9.52 Å². The summed E-state index contributed by atoms with van der Waals surface area (Å²) in [7, 11) is 1.74. The van der Waals surface area contributed by atoms with Crippen LogP contribution in [0, 0.1) is 13.8 Å². The lowest BCUT2D eigenvalue weighted by molar-refractivity contribution is 0.00701. The van der Waals surface area contributed by atoms with E-state index in [1.807, 2.05) is 34.6 Å². The summed E-state index contributed by atoms with van der Waals surface area (Å²) in [5.41, 5.74) is 1.58. The molecule has 2 heterocycles.